The van der Waals surface area contributed by atoms with E-state index in [1.165, 1.54) is 31.3 Å². The lowest BCUT2D eigenvalue weighted by Crippen LogP contribution is -2.29. The lowest BCUT2D eigenvalue weighted by molar-refractivity contribution is 0.252. The SMILES string of the molecule is O=C(NCCC1=CCCCC1)Nc1cccnc1. The van der Waals surface area contributed by atoms with E-state index in [9.17, 15) is 4.79 Å². The first-order valence-electron chi connectivity index (χ1n) is 6.47. The molecule has 0 saturated carbocycles. The lowest BCUT2D eigenvalue weighted by Gasteiger charge is -2.13. The van der Waals surface area contributed by atoms with Crippen molar-refractivity contribution in [2.75, 3.05) is 11.9 Å². The number of anilines is 1. The fourth-order valence-electron chi connectivity index (χ4n) is 2.08. The summed E-state index contributed by atoms with van der Waals surface area (Å²) in [5.41, 5.74) is 2.19. The van der Waals surface area contributed by atoms with Crippen LogP contribution in [0.1, 0.15) is 32.1 Å². The van der Waals surface area contributed by atoms with E-state index in [2.05, 4.69) is 21.7 Å². The molecule has 1 aromatic heterocycles. The summed E-state index contributed by atoms with van der Waals surface area (Å²) in [7, 11) is 0. The van der Waals surface area contributed by atoms with E-state index in [0.29, 0.717) is 12.2 Å². The van der Waals surface area contributed by atoms with Crippen molar-refractivity contribution >= 4 is 11.7 Å². The molecule has 2 rings (SSSR count). The van der Waals surface area contributed by atoms with Crippen molar-refractivity contribution in [2.45, 2.75) is 32.1 Å². The number of allylic oxidation sites excluding steroid dienone is 1. The van der Waals surface area contributed by atoms with Crippen LogP contribution < -0.4 is 10.6 Å². The van der Waals surface area contributed by atoms with E-state index >= 15 is 0 Å². The number of hydrogen-bond donors (Lipinski definition) is 2. The van der Waals surface area contributed by atoms with Crippen molar-refractivity contribution in [1.82, 2.24) is 10.3 Å². The number of nitrogens with one attached hydrogen (secondary N) is 2. The second-order valence-corrected chi connectivity index (χ2v) is 4.48. The predicted octanol–water partition coefficient (Wildman–Crippen LogP) is 3.09. The molecule has 0 aliphatic heterocycles. The molecular formula is C14H19N3O. The van der Waals surface area contributed by atoms with Gasteiger partial charge in [0.05, 0.1) is 11.9 Å². The Labute approximate surface area is 108 Å². The number of carbonyl (C=O) groups is 1. The van der Waals surface area contributed by atoms with Crippen molar-refractivity contribution in [2.24, 2.45) is 0 Å². The zero-order valence-electron chi connectivity index (χ0n) is 10.5. The number of hydrogen-bond acceptors (Lipinski definition) is 2. The molecule has 0 saturated heterocycles. The first-order valence-corrected chi connectivity index (χ1v) is 6.47. The van der Waals surface area contributed by atoms with Crippen LogP contribution in [0.4, 0.5) is 10.5 Å². The lowest BCUT2D eigenvalue weighted by atomic mass is 9.97. The highest BCUT2D eigenvalue weighted by Gasteiger charge is 2.05. The van der Waals surface area contributed by atoms with Crippen LogP contribution >= 0.6 is 0 Å². The molecule has 1 aliphatic rings. The third kappa shape index (κ3) is 4.20. The Kier molecular flexibility index (Phi) is 4.76. The van der Waals surface area contributed by atoms with Crippen LogP contribution in [0, 0.1) is 0 Å². The molecule has 0 radical (unpaired) electrons. The Morgan fingerprint density at radius 3 is 3.06 bits per heavy atom. The van der Waals surface area contributed by atoms with Gasteiger partial charge in [0.15, 0.2) is 0 Å². The summed E-state index contributed by atoms with van der Waals surface area (Å²) in [6.45, 7) is 0.692. The molecule has 1 aromatic rings. The molecule has 4 nitrogen and oxygen atoms in total. The molecule has 4 heteroatoms. The van der Waals surface area contributed by atoms with E-state index in [1.807, 2.05) is 6.07 Å². The first kappa shape index (κ1) is 12.6. The fourth-order valence-corrected chi connectivity index (χ4v) is 2.08. The Morgan fingerprint density at radius 1 is 1.39 bits per heavy atom. The maximum Gasteiger partial charge on any atom is 0.319 e. The standard InChI is InChI=1S/C14H19N3O/c18-14(17-13-7-4-9-15-11-13)16-10-8-12-5-2-1-3-6-12/h4-5,7,9,11H,1-3,6,8,10H2,(H2,16,17,18). The van der Waals surface area contributed by atoms with Gasteiger partial charge >= 0.3 is 6.03 Å². The van der Waals surface area contributed by atoms with Gasteiger partial charge in [0, 0.05) is 12.7 Å². The second kappa shape index (κ2) is 6.79. The van der Waals surface area contributed by atoms with Gasteiger partial charge < -0.3 is 10.6 Å². The number of nitrogens with zero attached hydrogens (tertiary/aromatic N) is 1. The van der Waals surface area contributed by atoms with Gasteiger partial charge in [0.25, 0.3) is 0 Å². The maximum absolute atomic E-state index is 11.6. The van der Waals surface area contributed by atoms with Gasteiger partial charge in [-0.1, -0.05) is 11.6 Å². The topological polar surface area (TPSA) is 54.0 Å². The monoisotopic (exact) mass is 245 g/mol. The van der Waals surface area contributed by atoms with Crippen LogP contribution in [-0.4, -0.2) is 17.6 Å². The second-order valence-electron chi connectivity index (χ2n) is 4.48. The zero-order chi connectivity index (χ0) is 12.6. The number of carbonyl (C=O) groups excluding carboxylic acids is 1. The summed E-state index contributed by atoms with van der Waals surface area (Å²) >= 11 is 0. The highest BCUT2D eigenvalue weighted by Crippen LogP contribution is 2.19. The minimum absolute atomic E-state index is 0.167. The van der Waals surface area contributed by atoms with Gasteiger partial charge in [-0.15, -0.1) is 0 Å². The smallest absolute Gasteiger partial charge is 0.319 e. The van der Waals surface area contributed by atoms with Crippen LogP contribution in [0.25, 0.3) is 0 Å². The van der Waals surface area contributed by atoms with Gasteiger partial charge in [-0.3, -0.25) is 4.98 Å². The van der Waals surface area contributed by atoms with Crippen LogP contribution in [0.15, 0.2) is 36.2 Å². The largest absolute Gasteiger partial charge is 0.338 e. The van der Waals surface area contributed by atoms with Crippen molar-refractivity contribution < 1.29 is 4.79 Å². The third-order valence-electron chi connectivity index (χ3n) is 3.04. The normalized spacial score (nSPS) is 14.8. The summed E-state index contributed by atoms with van der Waals surface area (Å²) in [4.78, 5) is 15.5. The van der Waals surface area contributed by atoms with Crippen LogP contribution in [-0.2, 0) is 0 Å². The molecule has 1 heterocycles. The average Bonchev–Trinajstić information content (AvgIpc) is 2.41. The molecule has 18 heavy (non-hydrogen) atoms. The predicted molar refractivity (Wildman–Crippen MR) is 72.4 cm³/mol. The number of amides is 2. The molecule has 0 unspecified atom stereocenters. The summed E-state index contributed by atoms with van der Waals surface area (Å²) in [6, 6.07) is 3.44. The molecule has 0 bridgehead atoms. The molecule has 0 spiro atoms. The van der Waals surface area contributed by atoms with Crippen molar-refractivity contribution in [3.05, 3.63) is 36.2 Å². The molecule has 0 atom stereocenters. The summed E-state index contributed by atoms with van der Waals surface area (Å²) in [5, 5.41) is 5.61. The highest BCUT2D eigenvalue weighted by molar-refractivity contribution is 5.88. The van der Waals surface area contributed by atoms with Gasteiger partial charge in [0.2, 0.25) is 0 Å². The molecule has 2 amide bonds. The quantitative estimate of drug-likeness (QED) is 0.801. The Morgan fingerprint density at radius 2 is 2.33 bits per heavy atom. The van der Waals surface area contributed by atoms with Gasteiger partial charge in [-0.25, -0.2) is 4.79 Å². The molecular weight excluding hydrogens is 226 g/mol. The summed E-state index contributed by atoms with van der Waals surface area (Å²) in [5.74, 6) is 0. The van der Waals surface area contributed by atoms with Crippen molar-refractivity contribution in [3.63, 3.8) is 0 Å². The fraction of sp³-hybridized carbons (Fsp3) is 0.429. The van der Waals surface area contributed by atoms with Gasteiger partial charge in [-0.05, 0) is 44.2 Å². The Hall–Kier alpha value is -1.84. The van der Waals surface area contributed by atoms with E-state index < -0.39 is 0 Å². The van der Waals surface area contributed by atoms with Crippen molar-refractivity contribution in [3.8, 4) is 0 Å². The number of urea groups is 1. The van der Waals surface area contributed by atoms with Crippen molar-refractivity contribution in [1.29, 1.82) is 0 Å². The summed E-state index contributed by atoms with van der Waals surface area (Å²) < 4.78 is 0. The highest BCUT2D eigenvalue weighted by atomic mass is 16.2. The van der Waals surface area contributed by atoms with E-state index in [4.69, 9.17) is 0 Å². The Bertz CT molecular complexity index is 414. The zero-order valence-corrected chi connectivity index (χ0v) is 10.5. The number of rotatable bonds is 4. The minimum Gasteiger partial charge on any atom is -0.338 e. The van der Waals surface area contributed by atoms with E-state index in [-0.39, 0.29) is 6.03 Å². The number of pyridine rings is 1. The molecule has 96 valence electrons. The van der Waals surface area contributed by atoms with Gasteiger partial charge in [-0.2, -0.15) is 0 Å². The molecule has 0 fully saturated rings. The first-order chi connectivity index (χ1) is 8.84. The average molecular weight is 245 g/mol. The van der Waals surface area contributed by atoms with Crippen LogP contribution in [0.3, 0.4) is 0 Å². The van der Waals surface area contributed by atoms with Gasteiger partial charge in [0.1, 0.15) is 0 Å². The molecule has 1 aliphatic carbocycles. The third-order valence-corrected chi connectivity index (χ3v) is 3.04. The summed E-state index contributed by atoms with van der Waals surface area (Å²) in [6.07, 6.45) is 11.5. The maximum atomic E-state index is 11.6. The van der Waals surface area contributed by atoms with E-state index in [1.54, 1.807) is 18.5 Å². The molecule has 0 aromatic carbocycles. The number of aromatic nitrogens is 1. The molecule has 2 N–H and O–H groups in total. The minimum atomic E-state index is -0.167. The Balaban J connectivity index is 1.67. The van der Waals surface area contributed by atoms with E-state index in [0.717, 1.165) is 6.42 Å². The van der Waals surface area contributed by atoms with Crippen LogP contribution in [0.5, 0.6) is 0 Å². The van der Waals surface area contributed by atoms with Crippen LogP contribution in [0.2, 0.25) is 0 Å².